The summed E-state index contributed by atoms with van der Waals surface area (Å²) in [6.45, 7) is 5.17. The fourth-order valence-electron chi connectivity index (χ4n) is 2.01. The molecule has 0 bridgehead atoms. The summed E-state index contributed by atoms with van der Waals surface area (Å²) in [7, 11) is 0. The molecule has 5 nitrogen and oxygen atoms in total. The van der Waals surface area contributed by atoms with Crippen LogP contribution in [0.1, 0.15) is 71.6 Å². The van der Waals surface area contributed by atoms with Crippen molar-refractivity contribution in [3.8, 4) is 0 Å². The third kappa shape index (κ3) is 12.4. The van der Waals surface area contributed by atoms with E-state index in [1.807, 2.05) is 0 Å². The molecule has 21 heavy (non-hydrogen) atoms. The number of carbonyl (C=O) groups is 2. The van der Waals surface area contributed by atoms with E-state index in [2.05, 4.69) is 24.5 Å². The van der Waals surface area contributed by atoms with Crippen LogP contribution in [0.25, 0.3) is 0 Å². The predicted octanol–water partition coefficient (Wildman–Crippen LogP) is 2.10. The van der Waals surface area contributed by atoms with Gasteiger partial charge in [-0.25, -0.2) is 0 Å². The van der Waals surface area contributed by atoms with Gasteiger partial charge in [-0.05, 0) is 12.8 Å². The quantitative estimate of drug-likeness (QED) is 0.455. The number of hydrogen-bond donors (Lipinski definition) is 3. The zero-order valence-corrected chi connectivity index (χ0v) is 13.7. The number of nitrogens with one attached hydrogen (secondary N) is 2. The van der Waals surface area contributed by atoms with E-state index in [9.17, 15) is 9.59 Å². The molecule has 2 amide bonds. The molecule has 0 fully saturated rings. The maximum atomic E-state index is 11.7. The summed E-state index contributed by atoms with van der Waals surface area (Å²) in [4.78, 5) is 23.3. The Balaban J connectivity index is 3.60. The van der Waals surface area contributed by atoms with Gasteiger partial charge < -0.3 is 16.4 Å². The summed E-state index contributed by atoms with van der Waals surface area (Å²) in [5.41, 5.74) is 5.76. The van der Waals surface area contributed by atoms with E-state index in [0.717, 1.165) is 38.5 Å². The highest BCUT2D eigenvalue weighted by Gasteiger charge is 2.13. The van der Waals surface area contributed by atoms with Crippen LogP contribution in [0, 0.1) is 0 Å². The van der Waals surface area contributed by atoms with Crippen LogP contribution in [0.4, 0.5) is 0 Å². The van der Waals surface area contributed by atoms with Crippen molar-refractivity contribution in [1.82, 2.24) is 10.6 Å². The molecule has 4 N–H and O–H groups in total. The lowest BCUT2D eigenvalue weighted by atomic mass is 10.1. The van der Waals surface area contributed by atoms with E-state index in [-0.39, 0.29) is 18.4 Å². The summed E-state index contributed by atoms with van der Waals surface area (Å²) in [6, 6.07) is -0.657. The van der Waals surface area contributed by atoms with Gasteiger partial charge in [-0.1, -0.05) is 52.4 Å². The average molecular weight is 299 g/mol. The molecule has 0 aliphatic heterocycles. The van der Waals surface area contributed by atoms with Gasteiger partial charge in [0.2, 0.25) is 11.8 Å². The lowest BCUT2D eigenvalue weighted by Crippen LogP contribution is -2.48. The van der Waals surface area contributed by atoms with Gasteiger partial charge in [0.15, 0.2) is 0 Å². The zero-order valence-electron chi connectivity index (χ0n) is 13.7. The van der Waals surface area contributed by atoms with Crippen molar-refractivity contribution in [3.63, 3.8) is 0 Å². The van der Waals surface area contributed by atoms with E-state index >= 15 is 0 Å². The third-order valence-electron chi connectivity index (χ3n) is 3.44. The van der Waals surface area contributed by atoms with Gasteiger partial charge in [-0.3, -0.25) is 9.59 Å². The first-order valence-corrected chi connectivity index (χ1v) is 8.41. The smallest absolute Gasteiger partial charge is 0.238 e. The van der Waals surface area contributed by atoms with Gasteiger partial charge >= 0.3 is 0 Å². The predicted molar refractivity (Wildman–Crippen MR) is 86.9 cm³/mol. The van der Waals surface area contributed by atoms with Gasteiger partial charge in [0.05, 0.1) is 0 Å². The fourth-order valence-corrected chi connectivity index (χ4v) is 2.01. The molecule has 0 saturated carbocycles. The van der Waals surface area contributed by atoms with Gasteiger partial charge in [0, 0.05) is 19.5 Å². The van der Waals surface area contributed by atoms with Crippen LogP contribution in [0.15, 0.2) is 0 Å². The highest BCUT2D eigenvalue weighted by Crippen LogP contribution is 2.01. The molecule has 0 heterocycles. The van der Waals surface area contributed by atoms with Crippen molar-refractivity contribution in [2.45, 2.75) is 77.7 Å². The standard InChI is InChI=1S/C16H33N3O2/c1-3-5-7-9-11-15(20)19-13-14(17)16(21)18-12-10-8-6-4-2/h14H,3-13,17H2,1-2H3,(H,18,21)(H,19,20). The SMILES string of the molecule is CCCCCCNC(=O)C(N)CNC(=O)CCCCCC. The second kappa shape index (κ2) is 13.9. The van der Waals surface area contributed by atoms with Crippen molar-refractivity contribution >= 4 is 11.8 Å². The largest absolute Gasteiger partial charge is 0.355 e. The number of hydrogen-bond acceptors (Lipinski definition) is 3. The van der Waals surface area contributed by atoms with Crippen molar-refractivity contribution in [2.75, 3.05) is 13.1 Å². The van der Waals surface area contributed by atoms with Crippen molar-refractivity contribution in [3.05, 3.63) is 0 Å². The molecule has 0 radical (unpaired) electrons. The molecule has 0 aromatic carbocycles. The van der Waals surface area contributed by atoms with E-state index in [1.54, 1.807) is 0 Å². The minimum Gasteiger partial charge on any atom is -0.355 e. The van der Waals surface area contributed by atoms with E-state index < -0.39 is 6.04 Å². The van der Waals surface area contributed by atoms with Gasteiger partial charge in [0.25, 0.3) is 0 Å². The maximum absolute atomic E-state index is 11.7. The lowest BCUT2D eigenvalue weighted by Gasteiger charge is -2.13. The van der Waals surface area contributed by atoms with E-state index in [4.69, 9.17) is 5.73 Å². The molecule has 1 unspecified atom stereocenters. The summed E-state index contributed by atoms with van der Waals surface area (Å²) in [5, 5.41) is 5.54. The molecule has 1 atom stereocenters. The Morgan fingerprint density at radius 1 is 0.905 bits per heavy atom. The molecule has 0 aromatic heterocycles. The van der Waals surface area contributed by atoms with Crippen molar-refractivity contribution < 1.29 is 9.59 Å². The third-order valence-corrected chi connectivity index (χ3v) is 3.44. The van der Waals surface area contributed by atoms with Crippen LogP contribution in [-0.4, -0.2) is 30.9 Å². The molecule has 0 aliphatic rings. The monoisotopic (exact) mass is 299 g/mol. The van der Waals surface area contributed by atoms with Gasteiger partial charge in [-0.15, -0.1) is 0 Å². The summed E-state index contributed by atoms with van der Waals surface area (Å²) >= 11 is 0. The van der Waals surface area contributed by atoms with Crippen LogP contribution in [0.2, 0.25) is 0 Å². The first kappa shape index (κ1) is 19.9. The summed E-state index contributed by atoms with van der Waals surface area (Å²) < 4.78 is 0. The highest BCUT2D eigenvalue weighted by molar-refractivity contribution is 5.83. The molecular weight excluding hydrogens is 266 g/mol. The lowest BCUT2D eigenvalue weighted by molar-refractivity contribution is -0.123. The Morgan fingerprint density at radius 2 is 1.52 bits per heavy atom. The van der Waals surface area contributed by atoms with Gasteiger partial charge in [0.1, 0.15) is 6.04 Å². The Morgan fingerprint density at radius 3 is 2.14 bits per heavy atom. The topological polar surface area (TPSA) is 84.2 Å². The number of unbranched alkanes of at least 4 members (excludes halogenated alkanes) is 6. The number of nitrogens with two attached hydrogens (primary N) is 1. The summed E-state index contributed by atoms with van der Waals surface area (Å²) in [5.74, 6) is -0.199. The van der Waals surface area contributed by atoms with Crippen molar-refractivity contribution in [2.24, 2.45) is 5.73 Å². The first-order valence-electron chi connectivity index (χ1n) is 8.41. The molecular formula is C16H33N3O2. The normalized spacial score (nSPS) is 12.0. The molecule has 5 heteroatoms. The second-order valence-electron chi connectivity index (χ2n) is 5.57. The second-order valence-corrected chi connectivity index (χ2v) is 5.57. The van der Waals surface area contributed by atoms with Crippen LogP contribution in [0.5, 0.6) is 0 Å². The number of rotatable bonds is 13. The van der Waals surface area contributed by atoms with E-state index in [1.165, 1.54) is 12.8 Å². The molecule has 0 aromatic rings. The minimum absolute atomic E-state index is 0.0164. The fraction of sp³-hybridized carbons (Fsp3) is 0.875. The zero-order chi connectivity index (χ0) is 15.9. The van der Waals surface area contributed by atoms with Crippen molar-refractivity contribution in [1.29, 1.82) is 0 Å². The van der Waals surface area contributed by atoms with Crippen LogP contribution in [-0.2, 0) is 9.59 Å². The Labute approximate surface area is 129 Å². The van der Waals surface area contributed by atoms with Crippen LogP contribution in [0.3, 0.4) is 0 Å². The number of carbonyl (C=O) groups excluding carboxylic acids is 2. The molecule has 0 spiro atoms. The molecule has 0 rings (SSSR count). The highest BCUT2D eigenvalue weighted by atomic mass is 16.2. The number of amides is 2. The summed E-state index contributed by atoms with van der Waals surface area (Å²) in [6.07, 6.45) is 9.29. The van der Waals surface area contributed by atoms with Crippen LogP contribution >= 0.6 is 0 Å². The minimum atomic E-state index is -0.657. The maximum Gasteiger partial charge on any atom is 0.238 e. The molecule has 0 aliphatic carbocycles. The molecule has 0 saturated heterocycles. The molecule has 124 valence electrons. The van der Waals surface area contributed by atoms with Gasteiger partial charge in [-0.2, -0.15) is 0 Å². The van der Waals surface area contributed by atoms with Crippen LogP contribution < -0.4 is 16.4 Å². The average Bonchev–Trinajstić information content (AvgIpc) is 2.48. The Bertz CT molecular complexity index is 283. The first-order chi connectivity index (χ1) is 10.1. The Kier molecular flexibility index (Phi) is 13.1. The van der Waals surface area contributed by atoms with E-state index in [0.29, 0.717) is 13.0 Å². The Hall–Kier alpha value is -1.10.